The number of likely N-dealkylation sites (tertiary alicyclic amines) is 1. The minimum Gasteiger partial charge on any atom is -0.493 e. The van der Waals surface area contributed by atoms with E-state index in [4.69, 9.17) is 14.2 Å². The third-order valence-electron chi connectivity index (χ3n) is 7.05. The Labute approximate surface area is 247 Å². The number of benzene rings is 3. The summed E-state index contributed by atoms with van der Waals surface area (Å²) in [6.07, 6.45) is 1.23. The first-order valence-electron chi connectivity index (χ1n) is 14.0. The van der Waals surface area contributed by atoms with Gasteiger partial charge in [0.1, 0.15) is 5.60 Å². The number of nitrogens with zero attached hydrogens (tertiary/aromatic N) is 1. The van der Waals surface area contributed by atoms with Gasteiger partial charge in [-0.2, -0.15) is 0 Å². The van der Waals surface area contributed by atoms with Crippen molar-refractivity contribution >= 4 is 23.6 Å². The molecule has 3 aromatic carbocycles. The van der Waals surface area contributed by atoms with Crippen LogP contribution in [0, 0.1) is 0 Å². The van der Waals surface area contributed by atoms with Crippen molar-refractivity contribution in [2.45, 2.75) is 51.7 Å². The topological polar surface area (TPSA) is 106 Å². The number of piperidine rings is 1. The number of alkyl carbamates (subject to hydrolysis) is 1. The summed E-state index contributed by atoms with van der Waals surface area (Å²) in [6, 6.07) is 20.1. The van der Waals surface area contributed by atoms with Crippen LogP contribution in [-0.2, 0) is 11.3 Å². The lowest BCUT2D eigenvalue weighted by Crippen LogP contribution is -2.38. The summed E-state index contributed by atoms with van der Waals surface area (Å²) in [7, 11) is 3.05. The summed E-state index contributed by atoms with van der Waals surface area (Å²) in [4.78, 5) is 40.1. The number of carbonyl (C=O) groups is 3. The number of methoxy groups -OCH3 is 2. The molecule has 0 saturated carbocycles. The van der Waals surface area contributed by atoms with Gasteiger partial charge < -0.3 is 29.7 Å². The number of hydrogen-bond acceptors (Lipinski definition) is 6. The third kappa shape index (κ3) is 8.02. The van der Waals surface area contributed by atoms with Gasteiger partial charge in [0.15, 0.2) is 11.5 Å². The van der Waals surface area contributed by atoms with Gasteiger partial charge in [0.05, 0.1) is 14.2 Å². The fourth-order valence-electron chi connectivity index (χ4n) is 4.95. The van der Waals surface area contributed by atoms with Gasteiger partial charge in [0, 0.05) is 36.4 Å². The molecule has 9 nitrogen and oxygen atoms in total. The van der Waals surface area contributed by atoms with Gasteiger partial charge in [0.25, 0.3) is 11.8 Å². The second kappa shape index (κ2) is 13.4. The Kier molecular flexibility index (Phi) is 9.72. The van der Waals surface area contributed by atoms with Crippen molar-refractivity contribution in [3.63, 3.8) is 0 Å². The van der Waals surface area contributed by atoms with Crippen LogP contribution in [0.25, 0.3) is 0 Å². The second-order valence-electron chi connectivity index (χ2n) is 11.3. The van der Waals surface area contributed by atoms with Crippen molar-refractivity contribution in [2.24, 2.45) is 0 Å². The molecular formula is C33H39N3O6. The van der Waals surface area contributed by atoms with Crippen molar-refractivity contribution in [3.05, 3.63) is 89.0 Å². The molecule has 42 heavy (non-hydrogen) atoms. The van der Waals surface area contributed by atoms with Crippen LogP contribution < -0.4 is 20.1 Å². The Morgan fingerprint density at radius 2 is 1.57 bits per heavy atom. The minimum absolute atomic E-state index is 0.0639. The number of nitrogens with one attached hydrogen (secondary N) is 2. The average Bonchev–Trinajstić information content (AvgIpc) is 2.98. The molecule has 0 unspecified atom stereocenters. The van der Waals surface area contributed by atoms with Crippen LogP contribution in [0.5, 0.6) is 11.5 Å². The minimum atomic E-state index is -0.543. The van der Waals surface area contributed by atoms with Crippen LogP contribution in [0.1, 0.15) is 71.4 Å². The molecule has 4 rings (SSSR count). The second-order valence-corrected chi connectivity index (χ2v) is 11.3. The van der Waals surface area contributed by atoms with Crippen LogP contribution >= 0.6 is 0 Å². The normalized spacial score (nSPS) is 13.7. The van der Waals surface area contributed by atoms with Crippen molar-refractivity contribution in [1.29, 1.82) is 0 Å². The maximum Gasteiger partial charge on any atom is 0.407 e. The zero-order chi connectivity index (χ0) is 30.3. The quantitative estimate of drug-likeness (QED) is 0.342. The number of carbonyl (C=O) groups excluding carboxylic acids is 3. The van der Waals surface area contributed by atoms with E-state index in [-0.39, 0.29) is 11.8 Å². The molecule has 0 spiro atoms. The highest BCUT2D eigenvalue weighted by atomic mass is 16.6. The molecule has 1 aliphatic rings. The lowest BCUT2D eigenvalue weighted by molar-refractivity contribution is 0.0523. The smallest absolute Gasteiger partial charge is 0.407 e. The zero-order valence-electron chi connectivity index (χ0n) is 24.9. The molecule has 0 radical (unpaired) electrons. The van der Waals surface area contributed by atoms with E-state index in [1.165, 1.54) is 19.8 Å². The van der Waals surface area contributed by atoms with E-state index in [1.54, 1.807) is 42.5 Å². The van der Waals surface area contributed by atoms with Crippen LogP contribution in [0.4, 0.5) is 10.5 Å². The third-order valence-corrected chi connectivity index (χ3v) is 7.05. The van der Waals surface area contributed by atoms with Crippen LogP contribution in [-0.4, -0.2) is 55.7 Å². The van der Waals surface area contributed by atoms with Gasteiger partial charge >= 0.3 is 6.09 Å². The fourth-order valence-corrected chi connectivity index (χ4v) is 4.95. The predicted molar refractivity (Wildman–Crippen MR) is 161 cm³/mol. The Morgan fingerprint density at radius 3 is 2.26 bits per heavy atom. The van der Waals surface area contributed by atoms with Gasteiger partial charge in [-0.15, -0.1) is 0 Å². The van der Waals surface area contributed by atoms with Gasteiger partial charge in [-0.1, -0.05) is 30.3 Å². The molecule has 0 aliphatic carbocycles. The first-order valence-corrected chi connectivity index (χ1v) is 14.0. The molecular weight excluding hydrogens is 534 g/mol. The highest BCUT2D eigenvalue weighted by molar-refractivity contribution is 6.05. The van der Waals surface area contributed by atoms with Gasteiger partial charge in [-0.05, 0) is 87.1 Å². The molecule has 0 aromatic heterocycles. The standard InChI is InChI=1S/C33H39N3O6/c1-33(2,3)42-32(39)34-21-22-8-6-9-24(18-22)23-14-16-36(17-15-23)31(38)26-10-7-11-27(19-26)35-30(37)25-12-13-28(40-4)29(20-25)41-5/h6-13,18-20,23H,14-17,21H2,1-5H3,(H,34,39)(H,35,37). The SMILES string of the molecule is COc1ccc(C(=O)Nc2cccc(C(=O)N3CCC(c4cccc(CNC(=O)OC(C)(C)C)c4)CC3)c2)cc1OC. The lowest BCUT2D eigenvalue weighted by Gasteiger charge is -2.32. The van der Waals surface area contributed by atoms with Crippen molar-refractivity contribution in [2.75, 3.05) is 32.6 Å². The van der Waals surface area contributed by atoms with Crippen LogP contribution in [0.2, 0.25) is 0 Å². The Balaban J connectivity index is 1.33. The maximum atomic E-state index is 13.3. The molecule has 1 heterocycles. The Morgan fingerprint density at radius 1 is 0.857 bits per heavy atom. The number of ether oxygens (including phenoxy) is 3. The molecule has 0 atom stereocenters. The molecule has 9 heteroatoms. The molecule has 1 saturated heterocycles. The first-order chi connectivity index (χ1) is 20.1. The molecule has 2 N–H and O–H groups in total. The molecule has 1 aliphatic heterocycles. The van der Waals surface area contributed by atoms with Crippen LogP contribution in [0.3, 0.4) is 0 Å². The van der Waals surface area contributed by atoms with E-state index in [0.717, 1.165) is 18.4 Å². The summed E-state index contributed by atoms with van der Waals surface area (Å²) in [5.41, 5.74) is 3.13. The summed E-state index contributed by atoms with van der Waals surface area (Å²) in [5.74, 6) is 0.938. The highest BCUT2D eigenvalue weighted by Gasteiger charge is 2.25. The summed E-state index contributed by atoms with van der Waals surface area (Å²) >= 11 is 0. The zero-order valence-corrected chi connectivity index (χ0v) is 24.9. The van der Waals surface area contributed by atoms with Crippen molar-refractivity contribution < 1.29 is 28.6 Å². The predicted octanol–water partition coefficient (Wildman–Crippen LogP) is 6.00. The number of amides is 3. The molecule has 3 amide bonds. The van der Waals surface area contributed by atoms with E-state index >= 15 is 0 Å². The van der Waals surface area contributed by atoms with Crippen molar-refractivity contribution in [3.8, 4) is 11.5 Å². The van der Waals surface area contributed by atoms with Gasteiger partial charge in [-0.3, -0.25) is 9.59 Å². The number of anilines is 1. The van der Waals surface area contributed by atoms with E-state index in [0.29, 0.717) is 53.9 Å². The van der Waals surface area contributed by atoms with Gasteiger partial charge in [-0.25, -0.2) is 4.79 Å². The monoisotopic (exact) mass is 573 g/mol. The number of hydrogen-bond donors (Lipinski definition) is 2. The average molecular weight is 574 g/mol. The summed E-state index contributed by atoms with van der Waals surface area (Å²) in [6.45, 7) is 7.15. The molecule has 0 bridgehead atoms. The van der Waals surface area contributed by atoms with Gasteiger partial charge in [0.2, 0.25) is 0 Å². The van der Waals surface area contributed by atoms with Crippen molar-refractivity contribution in [1.82, 2.24) is 10.2 Å². The summed E-state index contributed by atoms with van der Waals surface area (Å²) < 4.78 is 15.9. The Bertz CT molecular complexity index is 1420. The van der Waals surface area contributed by atoms with Crippen LogP contribution in [0.15, 0.2) is 66.7 Å². The highest BCUT2D eigenvalue weighted by Crippen LogP contribution is 2.30. The van der Waals surface area contributed by atoms with E-state index in [1.807, 2.05) is 37.8 Å². The summed E-state index contributed by atoms with van der Waals surface area (Å²) in [5, 5.41) is 5.68. The fraction of sp³-hybridized carbons (Fsp3) is 0.364. The lowest BCUT2D eigenvalue weighted by atomic mass is 9.88. The largest absolute Gasteiger partial charge is 0.493 e. The maximum absolute atomic E-state index is 13.3. The first kappa shape index (κ1) is 30.4. The molecule has 222 valence electrons. The molecule has 1 fully saturated rings. The molecule has 3 aromatic rings. The van der Waals surface area contributed by atoms with E-state index in [9.17, 15) is 14.4 Å². The van der Waals surface area contributed by atoms with E-state index < -0.39 is 11.7 Å². The Hall–Kier alpha value is -4.53. The van der Waals surface area contributed by atoms with E-state index in [2.05, 4.69) is 22.8 Å². The number of rotatable bonds is 8.